The van der Waals surface area contributed by atoms with Crippen LogP contribution in [0.25, 0.3) is 0 Å². The van der Waals surface area contributed by atoms with Crippen LogP contribution in [0, 0.1) is 5.41 Å². The van der Waals surface area contributed by atoms with E-state index >= 15 is 0 Å². The third-order valence-corrected chi connectivity index (χ3v) is 4.62. The van der Waals surface area contributed by atoms with Crippen LogP contribution >= 0.6 is 23.4 Å². The summed E-state index contributed by atoms with van der Waals surface area (Å²) >= 11 is 7.87. The fraction of sp³-hybridized carbons (Fsp3) is 0.700. The number of aromatic nitrogens is 2. The molecule has 0 aliphatic carbocycles. The van der Waals surface area contributed by atoms with E-state index in [1.807, 2.05) is 16.4 Å². The normalized spacial score (nSPS) is 25.4. The quantitative estimate of drug-likeness (QED) is 0.828. The van der Waals surface area contributed by atoms with Gasteiger partial charge in [0.05, 0.1) is 12.2 Å². The van der Waals surface area contributed by atoms with Crippen molar-refractivity contribution in [3.8, 4) is 0 Å². The Bertz CT molecular complexity index is 362. The fourth-order valence-corrected chi connectivity index (χ4v) is 3.48. The van der Waals surface area contributed by atoms with Gasteiger partial charge < -0.3 is 5.73 Å². The van der Waals surface area contributed by atoms with Crippen molar-refractivity contribution < 1.29 is 0 Å². The highest BCUT2D eigenvalue weighted by molar-refractivity contribution is 7.99. The van der Waals surface area contributed by atoms with Crippen molar-refractivity contribution >= 4 is 29.2 Å². The van der Waals surface area contributed by atoms with E-state index < -0.39 is 0 Å². The second-order valence-corrected chi connectivity index (χ2v) is 6.30. The fourth-order valence-electron chi connectivity index (χ4n) is 2.03. The summed E-state index contributed by atoms with van der Waals surface area (Å²) in [5.74, 6) is 2.88. The Hall–Kier alpha value is -0.350. The predicted molar refractivity (Wildman–Crippen MR) is 66.4 cm³/mol. The molecule has 0 spiro atoms. The van der Waals surface area contributed by atoms with Crippen LogP contribution in [0.15, 0.2) is 6.20 Å². The van der Waals surface area contributed by atoms with Crippen molar-refractivity contribution in [2.24, 2.45) is 5.41 Å². The maximum Gasteiger partial charge on any atom is 0.140 e. The molecule has 2 heterocycles. The Morgan fingerprint density at radius 1 is 1.67 bits per heavy atom. The van der Waals surface area contributed by atoms with Crippen molar-refractivity contribution in [3.63, 3.8) is 0 Å². The highest BCUT2D eigenvalue weighted by Gasteiger charge is 2.30. The summed E-state index contributed by atoms with van der Waals surface area (Å²) in [5, 5.41) is 4.81. The first-order valence-corrected chi connectivity index (χ1v) is 6.59. The number of nitrogens with zero attached hydrogens (tertiary/aromatic N) is 2. The van der Waals surface area contributed by atoms with Gasteiger partial charge in [-0.3, -0.25) is 0 Å². The number of nitrogen functional groups attached to an aromatic ring is 1. The van der Waals surface area contributed by atoms with Crippen LogP contribution in [0.2, 0.25) is 5.02 Å². The summed E-state index contributed by atoms with van der Waals surface area (Å²) in [4.78, 5) is 0. The summed E-state index contributed by atoms with van der Waals surface area (Å²) in [6.45, 7) is 4.57. The second-order valence-electron chi connectivity index (χ2n) is 4.86. The molecule has 1 atom stereocenters. The van der Waals surface area contributed by atoms with E-state index in [2.05, 4.69) is 18.9 Å². The molecule has 3 nitrogen and oxygen atoms in total. The first-order chi connectivity index (χ1) is 6.99. The highest BCUT2D eigenvalue weighted by Crippen LogP contribution is 2.40. The van der Waals surface area contributed by atoms with Crippen molar-refractivity contribution in [3.05, 3.63) is 11.2 Å². The van der Waals surface area contributed by atoms with Gasteiger partial charge in [0.1, 0.15) is 10.8 Å². The molecule has 2 N–H and O–H groups in total. The minimum absolute atomic E-state index is 0.360. The monoisotopic (exact) mass is 245 g/mol. The Labute approximate surface area is 99.4 Å². The SMILES string of the molecule is CC1(C)CSCC(n2ncc(Cl)c2N)C1. The summed E-state index contributed by atoms with van der Waals surface area (Å²) in [5.41, 5.74) is 6.24. The number of thioether (sulfide) groups is 1. The van der Waals surface area contributed by atoms with Gasteiger partial charge in [0.15, 0.2) is 0 Å². The molecule has 0 aromatic carbocycles. The summed E-state index contributed by atoms with van der Waals surface area (Å²) < 4.78 is 1.87. The number of hydrogen-bond acceptors (Lipinski definition) is 3. The lowest BCUT2D eigenvalue weighted by atomic mass is 9.88. The average molecular weight is 246 g/mol. The zero-order valence-electron chi connectivity index (χ0n) is 9.03. The molecule has 2 rings (SSSR count). The van der Waals surface area contributed by atoms with Gasteiger partial charge in [0, 0.05) is 5.75 Å². The maximum atomic E-state index is 5.90. The van der Waals surface area contributed by atoms with Crippen LogP contribution in [-0.4, -0.2) is 21.3 Å². The van der Waals surface area contributed by atoms with Gasteiger partial charge in [-0.1, -0.05) is 25.4 Å². The highest BCUT2D eigenvalue weighted by atomic mass is 35.5. The zero-order chi connectivity index (χ0) is 11.1. The van der Waals surface area contributed by atoms with Gasteiger partial charge in [-0.15, -0.1) is 0 Å². The van der Waals surface area contributed by atoms with Gasteiger partial charge in [-0.2, -0.15) is 16.9 Å². The summed E-state index contributed by atoms with van der Waals surface area (Å²) in [6, 6.07) is 0.381. The van der Waals surface area contributed by atoms with Crippen molar-refractivity contribution in [1.82, 2.24) is 9.78 Å². The van der Waals surface area contributed by atoms with Gasteiger partial charge in [-0.05, 0) is 17.6 Å². The Balaban J connectivity index is 2.21. The van der Waals surface area contributed by atoms with Crippen molar-refractivity contribution in [2.45, 2.75) is 26.3 Å². The lowest BCUT2D eigenvalue weighted by Crippen LogP contribution is -2.29. The molecular formula is C10H16ClN3S. The first-order valence-electron chi connectivity index (χ1n) is 5.06. The van der Waals surface area contributed by atoms with Crippen LogP contribution in [0.4, 0.5) is 5.82 Å². The molecule has 0 radical (unpaired) electrons. The second kappa shape index (κ2) is 3.91. The Kier molecular flexibility index (Phi) is 2.90. The molecule has 84 valence electrons. The molecule has 0 saturated carbocycles. The number of nitrogens with two attached hydrogens (primary N) is 1. The smallest absolute Gasteiger partial charge is 0.140 e. The lowest BCUT2D eigenvalue weighted by molar-refractivity contribution is 0.293. The summed E-state index contributed by atoms with van der Waals surface area (Å²) in [7, 11) is 0. The molecule has 1 unspecified atom stereocenters. The Morgan fingerprint density at radius 3 is 2.93 bits per heavy atom. The first kappa shape index (κ1) is 11.1. The molecule has 0 amide bonds. The van der Waals surface area contributed by atoms with E-state index in [4.69, 9.17) is 17.3 Å². The lowest BCUT2D eigenvalue weighted by Gasteiger charge is -2.35. The molecule has 1 aromatic heterocycles. The molecule has 15 heavy (non-hydrogen) atoms. The standard InChI is InChI=1S/C10H16ClN3S/c1-10(2)3-7(5-15-6-10)14-9(12)8(11)4-13-14/h4,7H,3,5-6,12H2,1-2H3. The van der Waals surface area contributed by atoms with Crippen molar-refractivity contribution in [2.75, 3.05) is 17.2 Å². The third kappa shape index (κ3) is 2.26. The van der Waals surface area contributed by atoms with Crippen LogP contribution in [-0.2, 0) is 0 Å². The van der Waals surface area contributed by atoms with E-state index in [1.54, 1.807) is 6.20 Å². The van der Waals surface area contributed by atoms with E-state index in [9.17, 15) is 0 Å². The average Bonchev–Trinajstić information content (AvgIpc) is 2.46. The topological polar surface area (TPSA) is 43.8 Å². The summed E-state index contributed by atoms with van der Waals surface area (Å²) in [6.07, 6.45) is 2.74. The molecule has 1 aliphatic rings. The van der Waals surface area contributed by atoms with E-state index in [0.717, 1.165) is 12.2 Å². The molecule has 5 heteroatoms. The van der Waals surface area contributed by atoms with Crippen LogP contribution in [0.1, 0.15) is 26.3 Å². The minimum Gasteiger partial charge on any atom is -0.383 e. The molecule has 1 aromatic rings. The van der Waals surface area contributed by atoms with Crippen LogP contribution < -0.4 is 5.73 Å². The largest absolute Gasteiger partial charge is 0.383 e. The molecule has 1 saturated heterocycles. The van der Waals surface area contributed by atoms with E-state index in [1.165, 1.54) is 5.75 Å². The number of anilines is 1. The van der Waals surface area contributed by atoms with E-state index in [-0.39, 0.29) is 0 Å². The number of halogens is 1. The van der Waals surface area contributed by atoms with Gasteiger partial charge in [0.25, 0.3) is 0 Å². The predicted octanol–water partition coefficient (Wildman–Crippen LogP) is 2.82. The van der Waals surface area contributed by atoms with Crippen LogP contribution in [0.3, 0.4) is 0 Å². The number of rotatable bonds is 1. The van der Waals surface area contributed by atoms with Gasteiger partial charge in [-0.25, -0.2) is 4.68 Å². The zero-order valence-corrected chi connectivity index (χ0v) is 10.6. The van der Waals surface area contributed by atoms with Crippen LogP contribution in [0.5, 0.6) is 0 Å². The molecular weight excluding hydrogens is 230 g/mol. The molecule has 1 aliphatic heterocycles. The Morgan fingerprint density at radius 2 is 2.40 bits per heavy atom. The van der Waals surface area contributed by atoms with Gasteiger partial charge in [0.2, 0.25) is 0 Å². The maximum absolute atomic E-state index is 5.90. The minimum atomic E-state index is 0.360. The van der Waals surface area contributed by atoms with Gasteiger partial charge >= 0.3 is 0 Å². The van der Waals surface area contributed by atoms with E-state index in [0.29, 0.717) is 22.3 Å². The third-order valence-electron chi connectivity index (χ3n) is 2.72. The molecule has 1 fully saturated rings. The molecule has 0 bridgehead atoms. The number of hydrogen-bond donors (Lipinski definition) is 1. The van der Waals surface area contributed by atoms with Crippen molar-refractivity contribution in [1.29, 1.82) is 0 Å².